The van der Waals surface area contributed by atoms with Gasteiger partial charge in [-0.05, 0) is 58.0 Å². The average molecular weight is 250 g/mol. The monoisotopic (exact) mass is 250 g/mol. The Morgan fingerprint density at radius 2 is 1.94 bits per heavy atom. The molecule has 0 aliphatic rings. The van der Waals surface area contributed by atoms with Crippen molar-refractivity contribution in [1.82, 2.24) is 4.90 Å². The van der Waals surface area contributed by atoms with Crippen LogP contribution in [-0.4, -0.2) is 38.7 Å². The van der Waals surface area contributed by atoms with Gasteiger partial charge in [-0.1, -0.05) is 17.7 Å². The number of methoxy groups -OCH3 is 1. The first-order valence-corrected chi connectivity index (χ1v) is 6.61. The third kappa shape index (κ3) is 4.31. The van der Waals surface area contributed by atoms with E-state index in [-0.39, 0.29) is 0 Å². The molecule has 1 aromatic rings. The van der Waals surface area contributed by atoms with Crippen LogP contribution >= 0.6 is 0 Å². The second-order valence-electron chi connectivity index (χ2n) is 4.97. The van der Waals surface area contributed by atoms with Crippen LogP contribution in [0.4, 0.5) is 0 Å². The number of ether oxygens (including phenoxy) is 1. The zero-order valence-corrected chi connectivity index (χ0v) is 12.1. The van der Waals surface area contributed by atoms with Crippen molar-refractivity contribution < 1.29 is 4.74 Å². The second kappa shape index (κ2) is 7.39. The van der Waals surface area contributed by atoms with Crippen LogP contribution < -0.4 is 10.5 Å². The van der Waals surface area contributed by atoms with Gasteiger partial charge in [-0.25, -0.2) is 0 Å². The lowest BCUT2D eigenvalue weighted by Crippen LogP contribution is -2.24. The molecule has 0 atom stereocenters. The van der Waals surface area contributed by atoms with E-state index in [1.54, 1.807) is 7.11 Å². The molecule has 0 heterocycles. The van der Waals surface area contributed by atoms with Crippen LogP contribution in [0.15, 0.2) is 12.1 Å². The summed E-state index contributed by atoms with van der Waals surface area (Å²) in [4.78, 5) is 2.32. The van der Waals surface area contributed by atoms with Crippen LogP contribution in [0, 0.1) is 13.8 Å². The normalized spacial score (nSPS) is 11.0. The molecule has 0 saturated heterocycles. The Morgan fingerprint density at radius 1 is 1.22 bits per heavy atom. The summed E-state index contributed by atoms with van der Waals surface area (Å²) < 4.78 is 5.51. The Balaban J connectivity index is 2.66. The van der Waals surface area contributed by atoms with Crippen LogP contribution in [0.25, 0.3) is 0 Å². The van der Waals surface area contributed by atoms with Crippen molar-refractivity contribution in [2.24, 2.45) is 5.73 Å². The van der Waals surface area contributed by atoms with Crippen molar-refractivity contribution >= 4 is 0 Å². The molecule has 102 valence electrons. The molecule has 0 unspecified atom stereocenters. The van der Waals surface area contributed by atoms with Crippen molar-refractivity contribution in [3.8, 4) is 5.75 Å². The van der Waals surface area contributed by atoms with E-state index in [0.717, 1.165) is 38.2 Å². The predicted octanol–water partition coefficient (Wildman–Crippen LogP) is 2.14. The fraction of sp³-hybridized carbons (Fsp3) is 0.600. The number of benzene rings is 1. The highest BCUT2D eigenvalue weighted by molar-refractivity contribution is 5.43. The quantitative estimate of drug-likeness (QED) is 0.805. The fourth-order valence-electron chi connectivity index (χ4n) is 2.30. The molecule has 0 aliphatic heterocycles. The Morgan fingerprint density at radius 3 is 2.56 bits per heavy atom. The summed E-state index contributed by atoms with van der Waals surface area (Å²) >= 11 is 0. The standard InChI is InChI=1S/C15H26N2O/c1-12-10-13(2)15(18-4)14(11-12)6-9-17(3)8-5-7-16/h10-11H,5-9,16H2,1-4H3. The van der Waals surface area contributed by atoms with E-state index in [1.807, 2.05) is 0 Å². The number of rotatable bonds is 7. The molecule has 18 heavy (non-hydrogen) atoms. The molecule has 0 spiro atoms. The lowest BCUT2D eigenvalue weighted by atomic mass is 10.0. The molecular formula is C15H26N2O. The van der Waals surface area contributed by atoms with E-state index < -0.39 is 0 Å². The maximum Gasteiger partial charge on any atom is 0.125 e. The Bertz CT molecular complexity index is 377. The van der Waals surface area contributed by atoms with Gasteiger partial charge in [-0.15, -0.1) is 0 Å². The van der Waals surface area contributed by atoms with Gasteiger partial charge in [0.2, 0.25) is 0 Å². The molecule has 2 N–H and O–H groups in total. The Kier molecular flexibility index (Phi) is 6.16. The number of hydrogen-bond acceptors (Lipinski definition) is 3. The van der Waals surface area contributed by atoms with Crippen molar-refractivity contribution in [2.45, 2.75) is 26.7 Å². The van der Waals surface area contributed by atoms with Crippen LogP contribution in [0.1, 0.15) is 23.1 Å². The second-order valence-corrected chi connectivity index (χ2v) is 4.97. The van der Waals surface area contributed by atoms with Gasteiger partial charge in [0.25, 0.3) is 0 Å². The highest BCUT2D eigenvalue weighted by Crippen LogP contribution is 2.25. The molecule has 0 aromatic heterocycles. The zero-order chi connectivity index (χ0) is 13.5. The third-order valence-electron chi connectivity index (χ3n) is 3.21. The number of nitrogens with two attached hydrogens (primary N) is 1. The SMILES string of the molecule is COc1c(C)cc(C)cc1CCN(C)CCCN. The minimum absolute atomic E-state index is 0.761. The van der Waals surface area contributed by atoms with Crippen LogP contribution in [0.2, 0.25) is 0 Å². The smallest absolute Gasteiger partial charge is 0.125 e. The van der Waals surface area contributed by atoms with Gasteiger partial charge in [-0.3, -0.25) is 0 Å². The van der Waals surface area contributed by atoms with E-state index in [2.05, 4.69) is 37.9 Å². The van der Waals surface area contributed by atoms with E-state index >= 15 is 0 Å². The van der Waals surface area contributed by atoms with E-state index in [9.17, 15) is 0 Å². The molecule has 0 saturated carbocycles. The fourth-order valence-corrected chi connectivity index (χ4v) is 2.30. The lowest BCUT2D eigenvalue weighted by Gasteiger charge is -2.18. The number of likely N-dealkylation sites (N-methyl/N-ethyl adjacent to an activating group) is 1. The molecule has 3 heteroatoms. The topological polar surface area (TPSA) is 38.5 Å². The summed E-state index contributed by atoms with van der Waals surface area (Å²) in [5.41, 5.74) is 9.34. The van der Waals surface area contributed by atoms with Crippen molar-refractivity contribution in [3.05, 3.63) is 28.8 Å². The first-order chi connectivity index (χ1) is 8.58. The van der Waals surface area contributed by atoms with Crippen LogP contribution in [0.3, 0.4) is 0 Å². The van der Waals surface area contributed by atoms with Gasteiger partial charge in [0.1, 0.15) is 5.75 Å². The van der Waals surface area contributed by atoms with Gasteiger partial charge < -0.3 is 15.4 Å². The largest absolute Gasteiger partial charge is 0.496 e. The maximum absolute atomic E-state index is 5.52. The van der Waals surface area contributed by atoms with Gasteiger partial charge in [0, 0.05) is 6.54 Å². The van der Waals surface area contributed by atoms with Crippen LogP contribution in [-0.2, 0) is 6.42 Å². The third-order valence-corrected chi connectivity index (χ3v) is 3.21. The molecule has 0 fully saturated rings. The predicted molar refractivity (Wildman–Crippen MR) is 77.3 cm³/mol. The summed E-state index contributed by atoms with van der Waals surface area (Å²) in [6, 6.07) is 4.39. The highest BCUT2D eigenvalue weighted by Gasteiger charge is 2.08. The summed E-state index contributed by atoms with van der Waals surface area (Å²) in [6.07, 6.45) is 2.08. The van der Waals surface area contributed by atoms with Gasteiger partial charge in [-0.2, -0.15) is 0 Å². The van der Waals surface area contributed by atoms with E-state index in [1.165, 1.54) is 16.7 Å². The van der Waals surface area contributed by atoms with Crippen molar-refractivity contribution in [3.63, 3.8) is 0 Å². The number of hydrogen-bond donors (Lipinski definition) is 1. The maximum atomic E-state index is 5.52. The molecule has 0 amide bonds. The molecule has 3 nitrogen and oxygen atoms in total. The summed E-state index contributed by atoms with van der Waals surface area (Å²) in [5, 5.41) is 0. The number of aryl methyl sites for hydroxylation is 2. The van der Waals surface area contributed by atoms with Crippen LogP contribution in [0.5, 0.6) is 5.75 Å². The molecule has 1 aromatic carbocycles. The molecule has 0 aliphatic carbocycles. The Hall–Kier alpha value is -1.06. The summed E-state index contributed by atoms with van der Waals surface area (Å²) in [6.45, 7) is 7.10. The molecule has 0 radical (unpaired) electrons. The molecule has 0 bridgehead atoms. The van der Waals surface area contributed by atoms with Gasteiger partial charge >= 0.3 is 0 Å². The van der Waals surface area contributed by atoms with E-state index in [0.29, 0.717) is 0 Å². The highest BCUT2D eigenvalue weighted by atomic mass is 16.5. The molecule has 1 rings (SSSR count). The first-order valence-electron chi connectivity index (χ1n) is 6.61. The van der Waals surface area contributed by atoms with E-state index in [4.69, 9.17) is 10.5 Å². The Labute approximate surface area is 111 Å². The zero-order valence-electron chi connectivity index (χ0n) is 12.1. The first kappa shape index (κ1) is 15.0. The van der Waals surface area contributed by atoms with Gasteiger partial charge in [0.05, 0.1) is 7.11 Å². The summed E-state index contributed by atoms with van der Waals surface area (Å²) in [5.74, 6) is 1.04. The average Bonchev–Trinajstić information content (AvgIpc) is 2.33. The molecular weight excluding hydrogens is 224 g/mol. The van der Waals surface area contributed by atoms with Crippen molar-refractivity contribution in [2.75, 3.05) is 33.8 Å². The minimum Gasteiger partial charge on any atom is -0.496 e. The lowest BCUT2D eigenvalue weighted by molar-refractivity contribution is 0.332. The summed E-state index contributed by atoms with van der Waals surface area (Å²) in [7, 11) is 3.89. The van der Waals surface area contributed by atoms with Crippen molar-refractivity contribution in [1.29, 1.82) is 0 Å². The minimum atomic E-state index is 0.761. The number of nitrogens with zero attached hydrogens (tertiary/aromatic N) is 1. The van der Waals surface area contributed by atoms with Gasteiger partial charge in [0.15, 0.2) is 0 Å².